The highest BCUT2D eigenvalue weighted by atomic mass is 19.1. The first-order valence-corrected chi connectivity index (χ1v) is 4.06. The van der Waals surface area contributed by atoms with Crippen molar-refractivity contribution in [3.05, 3.63) is 0 Å². The Balaban J connectivity index is 2.52. The second-order valence-corrected chi connectivity index (χ2v) is 3.09. The number of nitrogens with zero attached hydrogens (tertiary/aromatic N) is 1. The molecule has 0 aromatic carbocycles. The third-order valence-electron chi connectivity index (χ3n) is 1.92. The van der Waals surface area contributed by atoms with E-state index in [1.807, 2.05) is 0 Å². The largest absolute Gasteiger partial charge is 0.377 e. The molecule has 5 heteroatoms. The summed E-state index contributed by atoms with van der Waals surface area (Å²) in [7, 11) is 0. The van der Waals surface area contributed by atoms with Gasteiger partial charge in [0.25, 0.3) is 5.91 Å². The molecule has 0 radical (unpaired) electrons. The minimum atomic E-state index is -1.94. The normalized spacial score (nSPS) is 29.3. The molecule has 2 atom stereocenters. The molecule has 0 aliphatic carbocycles. The summed E-state index contributed by atoms with van der Waals surface area (Å²) in [5, 5.41) is 10.6. The van der Waals surface area contributed by atoms with E-state index in [1.54, 1.807) is 6.07 Å². The maximum atomic E-state index is 13.6. The van der Waals surface area contributed by atoms with E-state index < -0.39 is 17.6 Å². The summed E-state index contributed by atoms with van der Waals surface area (Å²) in [4.78, 5) is 11.2. The minimum absolute atomic E-state index is 0.0665. The number of halogens is 1. The average Bonchev–Trinajstić information content (AvgIpc) is 2.53. The summed E-state index contributed by atoms with van der Waals surface area (Å²) in [6.45, 7) is 1.54. The molecule has 1 N–H and O–H groups in total. The third kappa shape index (κ3) is 2.16. The number of alkyl halides is 1. The SMILES string of the molecule is CC(C#N)NC(=O)C1(F)CCOC1. The number of carbonyl (C=O) groups is 1. The lowest BCUT2D eigenvalue weighted by Gasteiger charge is -2.17. The van der Waals surface area contributed by atoms with Gasteiger partial charge in [0.15, 0.2) is 0 Å². The van der Waals surface area contributed by atoms with Gasteiger partial charge in [0.2, 0.25) is 5.67 Å². The molecule has 0 aromatic heterocycles. The highest BCUT2D eigenvalue weighted by Gasteiger charge is 2.42. The van der Waals surface area contributed by atoms with Crippen LogP contribution < -0.4 is 5.32 Å². The predicted molar refractivity (Wildman–Crippen MR) is 42.5 cm³/mol. The Morgan fingerprint density at radius 2 is 2.54 bits per heavy atom. The van der Waals surface area contributed by atoms with Crippen molar-refractivity contribution in [3.8, 4) is 6.07 Å². The Hall–Kier alpha value is -1.15. The highest BCUT2D eigenvalue weighted by Crippen LogP contribution is 2.23. The van der Waals surface area contributed by atoms with Gasteiger partial charge in [-0.15, -0.1) is 0 Å². The quantitative estimate of drug-likeness (QED) is 0.667. The molecule has 1 aliphatic rings. The topological polar surface area (TPSA) is 62.1 Å². The van der Waals surface area contributed by atoms with Crippen molar-refractivity contribution in [2.24, 2.45) is 0 Å². The van der Waals surface area contributed by atoms with Crippen LogP contribution >= 0.6 is 0 Å². The first-order chi connectivity index (χ1) is 6.08. The minimum Gasteiger partial charge on any atom is -0.377 e. The van der Waals surface area contributed by atoms with Crippen molar-refractivity contribution in [2.75, 3.05) is 13.2 Å². The predicted octanol–water partition coefficient (Wildman–Crippen LogP) is 0.143. The molecule has 1 amide bonds. The number of ether oxygens (including phenoxy) is 1. The number of nitriles is 1. The number of nitrogens with one attached hydrogen (secondary N) is 1. The molecule has 0 bridgehead atoms. The zero-order chi connectivity index (χ0) is 9.90. The Morgan fingerprint density at radius 3 is 3.00 bits per heavy atom. The molecule has 13 heavy (non-hydrogen) atoms. The molecule has 1 rings (SSSR count). The maximum Gasteiger partial charge on any atom is 0.261 e. The fraction of sp³-hybridized carbons (Fsp3) is 0.750. The number of amides is 1. The summed E-state index contributed by atoms with van der Waals surface area (Å²) < 4.78 is 18.3. The Kier molecular flexibility index (Phi) is 2.83. The summed E-state index contributed by atoms with van der Waals surface area (Å²) in [6, 6.07) is 1.13. The fourth-order valence-corrected chi connectivity index (χ4v) is 1.08. The molecule has 1 fully saturated rings. The monoisotopic (exact) mass is 186 g/mol. The molecule has 0 spiro atoms. The number of hydrogen-bond donors (Lipinski definition) is 1. The Labute approximate surface area is 75.7 Å². The van der Waals surface area contributed by atoms with Crippen LogP contribution in [-0.2, 0) is 9.53 Å². The van der Waals surface area contributed by atoms with Gasteiger partial charge in [-0.2, -0.15) is 5.26 Å². The molecule has 4 nitrogen and oxygen atoms in total. The van der Waals surface area contributed by atoms with Gasteiger partial charge in [0.05, 0.1) is 19.3 Å². The third-order valence-corrected chi connectivity index (χ3v) is 1.92. The fourth-order valence-electron chi connectivity index (χ4n) is 1.08. The molecule has 1 heterocycles. The van der Waals surface area contributed by atoms with Crippen molar-refractivity contribution in [1.82, 2.24) is 5.32 Å². The van der Waals surface area contributed by atoms with Gasteiger partial charge < -0.3 is 10.1 Å². The van der Waals surface area contributed by atoms with Crippen LogP contribution in [0.25, 0.3) is 0 Å². The van der Waals surface area contributed by atoms with E-state index in [2.05, 4.69) is 5.32 Å². The first-order valence-electron chi connectivity index (χ1n) is 4.06. The van der Waals surface area contributed by atoms with Gasteiger partial charge >= 0.3 is 0 Å². The number of hydrogen-bond acceptors (Lipinski definition) is 3. The van der Waals surface area contributed by atoms with E-state index >= 15 is 0 Å². The summed E-state index contributed by atoms with van der Waals surface area (Å²) in [5.41, 5.74) is -1.94. The van der Waals surface area contributed by atoms with Crippen LogP contribution in [0.2, 0.25) is 0 Å². The van der Waals surface area contributed by atoms with E-state index in [9.17, 15) is 9.18 Å². The highest BCUT2D eigenvalue weighted by molar-refractivity contribution is 5.86. The van der Waals surface area contributed by atoms with Crippen molar-refractivity contribution >= 4 is 5.91 Å². The molecule has 1 saturated heterocycles. The second kappa shape index (κ2) is 3.71. The molecule has 2 unspecified atom stereocenters. The molecular weight excluding hydrogens is 175 g/mol. The number of rotatable bonds is 2. The van der Waals surface area contributed by atoms with Gasteiger partial charge in [-0.05, 0) is 6.92 Å². The van der Waals surface area contributed by atoms with E-state index in [4.69, 9.17) is 10.00 Å². The van der Waals surface area contributed by atoms with Crippen LogP contribution in [0.5, 0.6) is 0 Å². The van der Waals surface area contributed by atoms with Crippen LogP contribution in [-0.4, -0.2) is 30.8 Å². The first kappa shape index (κ1) is 9.93. The van der Waals surface area contributed by atoms with Crippen LogP contribution in [0.15, 0.2) is 0 Å². The number of carbonyl (C=O) groups excluding carboxylic acids is 1. The van der Waals surface area contributed by atoms with Crippen LogP contribution in [0.1, 0.15) is 13.3 Å². The van der Waals surface area contributed by atoms with Crippen molar-refractivity contribution in [2.45, 2.75) is 25.1 Å². The zero-order valence-corrected chi connectivity index (χ0v) is 7.34. The molecule has 0 saturated carbocycles. The second-order valence-electron chi connectivity index (χ2n) is 3.09. The van der Waals surface area contributed by atoms with Gasteiger partial charge in [-0.1, -0.05) is 0 Å². The molecule has 0 aromatic rings. The maximum absolute atomic E-state index is 13.6. The zero-order valence-electron chi connectivity index (χ0n) is 7.34. The van der Waals surface area contributed by atoms with Crippen molar-refractivity contribution in [3.63, 3.8) is 0 Å². The van der Waals surface area contributed by atoms with Gasteiger partial charge in [0, 0.05) is 6.42 Å². The van der Waals surface area contributed by atoms with Gasteiger partial charge in [0.1, 0.15) is 6.04 Å². The van der Waals surface area contributed by atoms with Gasteiger partial charge in [-0.25, -0.2) is 4.39 Å². The Bertz CT molecular complexity index is 243. The van der Waals surface area contributed by atoms with Crippen molar-refractivity contribution in [1.29, 1.82) is 5.26 Å². The molecular formula is C8H11FN2O2. The lowest BCUT2D eigenvalue weighted by Crippen LogP contribution is -2.46. The van der Waals surface area contributed by atoms with E-state index in [0.717, 1.165) is 0 Å². The average molecular weight is 186 g/mol. The van der Waals surface area contributed by atoms with Crippen molar-refractivity contribution < 1.29 is 13.9 Å². The molecule has 72 valence electrons. The van der Waals surface area contributed by atoms with E-state index in [-0.39, 0.29) is 19.6 Å². The lowest BCUT2D eigenvalue weighted by atomic mass is 10.0. The summed E-state index contributed by atoms with van der Waals surface area (Å²) in [5.74, 6) is -0.751. The van der Waals surface area contributed by atoms with Crippen LogP contribution in [0.3, 0.4) is 0 Å². The standard InChI is InChI=1S/C8H11FN2O2/c1-6(4-10)11-7(12)8(9)2-3-13-5-8/h6H,2-3,5H2,1H3,(H,11,12). The van der Waals surface area contributed by atoms with Gasteiger partial charge in [-0.3, -0.25) is 4.79 Å². The van der Waals surface area contributed by atoms with E-state index in [0.29, 0.717) is 0 Å². The van der Waals surface area contributed by atoms with E-state index in [1.165, 1.54) is 6.92 Å². The lowest BCUT2D eigenvalue weighted by molar-refractivity contribution is -0.133. The Morgan fingerprint density at radius 1 is 1.85 bits per heavy atom. The summed E-state index contributed by atoms with van der Waals surface area (Å²) >= 11 is 0. The molecule has 1 aliphatic heterocycles. The smallest absolute Gasteiger partial charge is 0.261 e. The van der Waals surface area contributed by atoms with Crippen LogP contribution in [0.4, 0.5) is 4.39 Å². The summed E-state index contributed by atoms with van der Waals surface area (Å²) in [6.07, 6.45) is 0.0665. The van der Waals surface area contributed by atoms with Crippen LogP contribution in [0, 0.1) is 11.3 Å².